The minimum Gasteiger partial charge on any atom is -0.507 e. The van der Waals surface area contributed by atoms with Crippen molar-refractivity contribution in [1.29, 1.82) is 0 Å². The zero-order valence-corrected chi connectivity index (χ0v) is 22.1. The third-order valence-corrected chi connectivity index (χ3v) is 6.75. The summed E-state index contributed by atoms with van der Waals surface area (Å²) in [6.45, 7) is 7.08. The van der Waals surface area contributed by atoms with Crippen LogP contribution in [-0.4, -0.2) is 74.1 Å². The Hall–Kier alpha value is -3.23. The van der Waals surface area contributed by atoms with E-state index in [1.165, 1.54) is 32.3 Å². The number of carbonyl (C=O) groups is 2. The minimum absolute atomic E-state index is 0.00343. The molecule has 9 heteroatoms. The predicted octanol–water partition coefficient (Wildman–Crippen LogP) is 4.52. The van der Waals surface area contributed by atoms with E-state index in [0.717, 1.165) is 19.6 Å². The number of likely N-dealkylation sites (tertiary alicyclic amines) is 1. The standard InChI is InChI=1S/C27H33ClN2O6/c1-6-29(7-2)13-8-14-30-24(17-9-12-21(35-4)22(16-17)36-5)23(26(32)27(30)33)25(31)18-10-11-20(34-3)19(28)15-18/h9-12,15-16,24,31H,6-8,13-14H2,1-5H3/b25-23+/t24-/m0/s1. The molecule has 1 fully saturated rings. The van der Waals surface area contributed by atoms with Crippen LogP contribution in [0, 0.1) is 0 Å². The summed E-state index contributed by atoms with van der Waals surface area (Å²) >= 11 is 6.27. The number of aliphatic hydroxyl groups is 1. The summed E-state index contributed by atoms with van der Waals surface area (Å²) in [6, 6.07) is 9.11. The van der Waals surface area contributed by atoms with Crippen molar-refractivity contribution >= 4 is 29.1 Å². The van der Waals surface area contributed by atoms with Gasteiger partial charge in [0.15, 0.2) is 11.5 Å². The largest absolute Gasteiger partial charge is 0.507 e. The zero-order chi connectivity index (χ0) is 26.4. The highest BCUT2D eigenvalue weighted by atomic mass is 35.5. The van der Waals surface area contributed by atoms with E-state index in [9.17, 15) is 14.7 Å². The fraction of sp³-hybridized carbons (Fsp3) is 0.407. The Kier molecular flexibility index (Phi) is 9.23. The number of Topliss-reactive ketones (excluding diaryl/α,β-unsaturated/α-hetero) is 1. The first-order valence-corrected chi connectivity index (χ1v) is 12.3. The molecule has 2 aromatic rings. The highest BCUT2D eigenvalue weighted by Crippen LogP contribution is 2.42. The molecular formula is C27H33ClN2O6. The number of hydrogen-bond acceptors (Lipinski definition) is 7. The smallest absolute Gasteiger partial charge is 0.295 e. The molecule has 194 valence electrons. The van der Waals surface area contributed by atoms with Gasteiger partial charge in [0, 0.05) is 12.1 Å². The second-order valence-corrected chi connectivity index (χ2v) is 8.74. The quantitative estimate of drug-likeness (QED) is 0.267. The van der Waals surface area contributed by atoms with E-state index in [1.54, 1.807) is 30.3 Å². The molecule has 1 N–H and O–H groups in total. The molecule has 0 aromatic heterocycles. The van der Waals surface area contributed by atoms with Crippen LogP contribution in [0.4, 0.5) is 0 Å². The second-order valence-electron chi connectivity index (χ2n) is 8.34. The molecule has 1 amide bonds. The van der Waals surface area contributed by atoms with Crippen LogP contribution in [0.5, 0.6) is 17.2 Å². The van der Waals surface area contributed by atoms with Gasteiger partial charge in [-0.25, -0.2) is 0 Å². The van der Waals surface area contributed by atoms with E-state index in [0.29, 0.717) is 41.3 Å². The number of nitrogens with zero attached hydrogens (tertiary/aromatic N) is 2. The monoisotopic (exact) mass is 516 g/mol. The average Bonchev–Trinajstić information content (AvgIpc) is 3.15. The summed E-state index contributed by atoms with van der Waals surface area (Å²) in [7, 11) is 4.54. The Morgan fingerprint density at radius 2 is 1.61 bits per heavy atom. The Morgan fingerprint density at radius 3 is 2.19 bits per heavy atom. The average molecular weight is 517 g/mol. The lowest BCUT2D eigenvalue weighted by Gasteiger charge is -2.27. The third-order valence-electron chi connectivity index (χ3n) is 6.46. The van der Waals surface area contributed by atoms with Crippen molar-refractivity contribution in [2.45, 2.75) is 26.3 Å². The van der Waals surface area contributed by atoms with E-state index in [4.69, 9.17) is 25.8 Å². The summed E-state index contributed by atoms with van der Waals surface area (Å²) in [5, 5.41) is 11.6. The van der Waals surface area contributed by atoms with E-state index in [1.807, 2.05) is 0 Å². The lowest BCUT2D eigenvalue weighted by Crippen LogP contribution is -2.33. The summed E-state index contributed by atoms with van der Waals surface area (Å²) in [5.41, 5.74) is 0.930. The van der Waals surface area contributed by atoms with Crippen LogP contribution in [0.3, 0.4) is 0 Å². The molecule has 0 radical (unpaired) electrons. The molecule has 3 rings (SSSR count). The van der Waals surface area contributed by atoms with Crippen molar-refractivity contribution in [3.63, 3.8) is 0 Å². The van der Waals surface area contributed by atoms with Crippen LogP contribution in [0.1, 0.15) is 37.4 Å². The van der Waals surface area contributed by atoms with Crippen molar-refractivity contribution in [2.75, 3.05) is 47.5 Å². The Balaban J connectivity index is 2.11. The van der Waals surface area contributed by atoms with Crippen LogP contribution in [-0.2, 0) is 9.59 Å². The number of carbonyl (C=O) groups excluding carboxylic acids is 2. The van der Waals surface area contributed by atoms with Crippen LogP contribution in [0.15, 0.2) is 42.0 Å². The third kappa shape index (κ3) is 5.44. The summed E-state index contributed by atoms with van der Waals surface area (Å²) in [4.78, 5) is 30.3. The maximum Gasteiger partial charge on any atom is 0.295 e. The molecular weight excluding hydrogens is 484 g/mol. The van der Waals surface area contributed by atoms with Crippen molar-refractivity contribution < 1.29 is 28.9 Å². The molecule has 0 saturated carbocycles. The van der Waals surface area contributed by atoms with Crippen LogP contribution >= 0.6 is 11.6 Å². The number of rotatable bonds is 11. The molecule has 1 atom stereocenters. The number of methoxy groups -OCH3 is 3. The molecule has 36 heavy (non-hydrogen) atoms. The van der Waals surface area contributed by atoms with Crippen LogP contribution < -0.4 is 14.2 Å². The molecule has 8 nitrogen and oxygen atoms in total. The number of hydrogen-bond donors (Lipinski definition) is 1. The normalized spacial score (nSPS) is 17.1. The number of ether oxygens (including phenoxy) is 3. The summed E-state index contributed by atoms with van der Waals surface area (Å²) in [5.74, 6) is -0.305. The van der Waals surface area contributed by atoms with Gasteiger partial charge in [0.05, 0.1) is 38.0 Å². The predicted molar refractivity (Wildman–Crippen MR) is 139 cm³/mol. The molecule has 1 aliphatic rings. The van der Waals surface area contributed by atoms with Gasteiger partial charge in [-0.15, -0.1) is 0 Å². The van der Waals surface area contributed by atoms with Crippen molar-refractivity contribution in [3.05, 3.63) is 58.1 Å². The highest BCUT2D eigenvalue weighted by molar-refractivity contribution is 6.46. The van der Waals surface area contributed by atoms with Gasteiger partial charge in [-0.05, 0) is 62.0 Å². The molecule has 0 bridgehead atoms. The number of amides is 1. The van der Waals surface area contributed by atoms with Crippen LogP contribution in [0.25, 0.3) is 5.76 Å². The SMILES string of the molecule is CCN(CC)CCCN1C(=O)C(=O)/C(=C(/O)c2ccc(OC)c(Cl)c2)[C@@H]1c1ccc(OC)c(OC)c1. The molecule has 2 aromatic carbocycles. The molecule has 1 saturated heterocycles. The summed E-state index contributed by atoms with van der Waals surface area (Å²) < 4.78 is 16.0. The molecule has 0 aliphatic carbocycles. The molecule has 1 heterocycles. The number of aliphatic hydroxyl groups excluding tert-OH is 1. The van der Waals surface area contributed by atoms with Crippen molar-refractivity contribution in [1.82, 2.24) is 9.80 Å². The van der Waals surface area contributed by atoms with Gasteiger partial charge >= 0.3 is 0 Å². The molecule has 0 spiro atoms. The number of halogens is 1. The maximum atomic E-state index is 13.3. The lowest BCUT2D eigenvalue weighted by molar-refractivity contribution is -0.140. The first-order chi connectivity index (χ1) is 17.3. The fourth-order valence-electron chi connectivity index (χ4n) is 4.45. The first-order valence-electron chi connectivity index (χ1n) is 11.9. The Morgan fingerprint density at radius 1 is 0.972 bits per heavy atom. The summed E-state index contributed by atoms with van der Waals surface area (Å²) in [6.07, 6.45) is 0.674. The van der Waals surface area contributed by atoms with Crippen LogP contribution in [0.2, 0.25) is 5.02 Å². The van der Waals surface area contributed by atoms with Gasteiger partial charge in [-0.1, -0.05) is 31.5 Å². The number of ketones is 1. The van der Waals surface area contributed by atoms with Gasteiger partial charge < -0.3 is 29.1 Å². The van der Waals surface area contributed by atoms with E-state index in [-0.39, 0.29) is 16.4 Å². The zero-order valence-electron chi connectivity index (χ0n) is 21.3. The highest BCUT2D eigenvalue weighted by Gasteiger charge is 2.46. The minimum atomic E-state index is -0.803. The fourth-order valence-corrected chi connectivity index (χ4v) is 4.71. The van der Waals surface area contributed by atoms with Crippen molar-refractivity contribution in [2.24, 2.45) is 0 Å². The Labute approximate surface area is 217 Å². The van der Waals surface area contributed by atoms with Gasteiger partial charge in [0.2, 0.25) is 0 Å². The second kappa shape index (κ2) is 12.1. The molecule has 1 aliphatic heterocycles. The number of benzene rings is 2. The van der Waals surface area contributed by atoms with Gasteiger partial charge in [0.25, 0.3) is 11.7 Å². The lowest BCUT2D eigenvalue weighted by atomic mass is 9.95. The van der Waals surface area contributed by atoms with Gasteiger partial charge in [0.1, 0.15) is 11.5 Å². The van der Waals surface area contributed by atoms with E-state index >= 15 is 0 Å². The van der Waals surface area contributed by atoms with Gasteiger partial charge in [-0.3, -0.25) is 9.59 Å². The van der Waals surface area contributed by atoms with E-state index < -0.39 is 17.7 Å². The molecule has 0 unspecified atom stereocenters. The topological polar surface area (TPSA) is 88.5 Å². The maximum absolute atomic E-state index is 13.3. The first kappa shape index (κ1) is 27.4. The van der Waals surface area contributed by atoms with Gasteiger partial charge in [-0.2, -0.15) is 0 Å². The van der Waals surface area contributed by atoms with Crippen molar-refractivity contribution in [3.8, 4) is 17.2 Å². The Bertz CT molecular complexity index is 1150. The van der Waals surface area contributed by atoms with E-state index in [2.05, 4.69) is 18.7 Å².